The quantitative estimate of drug-likeness (QED) is 0.647. The second-order valence-electron chi connectivity index (χ2n) is 3.76. The molecule has 1 N–H and O–H groups in total. The third-order valence-corrected chi connectivity index (χ3v) is 4.41. The number of benzene rings is 1. The van der Waals surface area contributed by atoms with Crippen molar-refractivity contribution in [1.82, 2.24) is 0 Å². The van der Waals surface area contributed by atoms with Crippen LogP contribution in [0.15, 0.2) is 52.4 Å². The molecule has 0 heterocycles. The van der Waals surface area contributed by atoms with Crippen LogP contribution in [0.3, 0.4) is 0 Å². The Morgan fingerprint density at radius 2 is 1.94 bits per heavy atom. The van der Waals surface area contributed by atoms with E-state index >= 15 is 0 Å². The molecule has 90 valence electrons. The fourth-order valence-electron chi connectivity index (χ4n) is 1.21. The van der Waals surface area contributed by atoms with Crippen LogP contribution >= 0.6 is 23.3 Å². The van der Waals surface area contributed by atoms with E-state index in [1.54, 1.807) is 12.1 Å². The lowest BCUT2D eigenvalue weighted by atomic mass is 10.2. The molecule has 0 fully saturated rings. The van der Waals surface area contributed by atoms with Gasteiger partial charge in [0.1, 0.15) is 0 Å². The molecule has 0 aliphatic rings. The van der Waals surface area contributed by atoms with Crippen LogP contribution in [0.25, 0.3) is 5.31 Å². The summed E-state index contributed by atoms with van der Waals surface area (Å²) in [5.74, 6) is 1.24. The van der Waals surface area contributed by atoms with Gasteiger partial charge < -0.3 is 4.89 Å². The Kier molecular flexibility index (Phi) is 5.17. The Labute approximate surface area is 110 Å². The number of halogens is 1. The highest BCUT2D eigenvalue weighted by Crippen LogP contribution is 2.56. The lowest BCUT2D eigenvalue weighted by Gasteiger charge is -2.10. The molecule has 0 radical (unpaired) electrons. The van der Waals surface area contributed by atoms with Crippen molar-refractivity contribution in [3.8, 4) is 0 Å². The zero-order valence-corrected chi connectivity index (χ0v) is 12.2. The van der Waals surface area contributed by atoms with E-state index in [0.29, 0.717) is 5.31 Å². The molecule has 1 aromatic rings. The van der Waals surface area contributed by atoms with Crippen molar-refractivity contribution in [3.63, 3.8) is 0 Å². The molecular formula is C13H14BrO2P. The van der Waals surface area contributed by atoms with E-state index in [-0.39, 0.29) is 0 Å². The van der Waals surface area contributed by atoms with Gasteiger partial charge in [0, 0.05) is 5.82 Å². The predicted octanol–water partition coefficient (Wildman–Crippen LogP) is 4.73. The third kappa shape index (κ3) is 4.14. The largest absolute Gasteiger partial charge is 0.338 e. The summed E-state index contributed by atoms with van der Waals surface area (Å²) in [6.07, 6.45) is 0. The molecule has 0 amide bonds. The van der Waals surface area contributed by atoms with E-state index in [9.17, 15) is 9.46 Å². The fourth-order valence-corrected chi connectivity index (χ4v) is 3.59. The van der Waals surface area contributed by atoms with Gasteiger partial charge in [-0.05, 0) is 30.0 Å². The van der Waals surface area contributed by atoms with Crippen molar-refractivity contribution in [2.24, 2.45) is 0 Å². The van der Waals surface area contributed by atoms with E-state index in [1.165, 1.54) is 10.8 Å². The Balaban J connectivity index is 3.22. The fraction of sp³-hybridized carbons (Fsp3) is 0.154. The van der Waals surface area contributed by atoms with Gasteiger partial charge in [0.15, 0.2) is 0 Å². The Morgan fingerprint density at radius 3 is 2.41 bits per heavy atom. The summed E-state index contributed by atoms with van der Waals surface area (Å²) in [5, 5.41) is 0.367. The van der Waals surface area contributed by atoms with Crippen LogP contribution in [0.5, 0.6) is 0 Å². The second-order valence-corrected chi connectivity index (χ2v) is 6.20. The van der Waals surface area contributed by atoms with Crippen LogP contribution in [-0.2, 0) is 4.57 Å². The first-order valence-electron chi connectivity index (χ1n) is 5.07. The summed E-state index contributed by atoms with van der Waals surface area (Å²) in [6, 6.07) is 9.12. The lowest BCUT2D eigenvalue weighted by Crippen LogP contribution is -1.84. The average Bonchev–Trinajstić information content (AvgIpc) is 2.29. The normalized spacial score (nSPS) is 14.7. The van der Waals surface area contributed by atoms with Gasteiger partial charge >= 0.3 is 0 Å². The highest BCUT2D eigenvalue weighted by Gasteiger charge is 2.21. The van der Waals surface area contributed by atoms with E-state index in [0.717, 1.165) is 11.1 Å². The van der Waals surface area contributed by atoms with Crippen LogP contribution in [0.2, 0.25) is 0 Å². The summed E-state index contributed by atoms with van der Waals surface area (Å²) >= 11 is 3.15. The van der Waals surface area contributed by atoms with Gasteiger partial charge in [-0.25, -0.2) is 0 Å². The second kappa shape index (κ2) is 6.18. The topological polar surface area (TPSA) is 37.3 Å². The highest BCUT2D eigenvalue weighted by molar-refractivity contribution is 9.11. The van der Waals surface area contributed by atoms with Gasteiger partial charge in [0.2, 0.25) is 0 Å². The Morgan fingerprint density at radius 1 is 1.35 bits per heavy atom. The minimum Gasteiger partial charge on any atom is -0.338 e. The summed E-state index contributed by atoms with van der Waals surface area (Å²) in [7, 11) is -3.52. The predicted molar refractivity (Wildman–Crippen MR) is 76.1 cm³/mol. The molecular weight excluding hydrogens is 299 g/mol. The van der Waals surface area contributed by atoms with Crippen molar-refractivity contribution in [3.05, 3.63) is 58.0 Å². The molecule has 0 spiro atoms. The molecule has 0 aliphatic carbocycles. The Hall–Kier alpha value is -0.850. The van der Waals surface area contributed by atoms with Gasteiger partial charge in [-0.2, -0.15) is 0 Å². The van der Waals surface area contributed by atoms with Gasteiger partial charge in [-0.1, -0.05) is 46.3 Å². The number of rotatable bonds is 3. The van der Waals surface area contributed by atoms with Crippen molar-refractivity contribution >= 4 is 28.6 Å². The third-order valence-electron chi connectivity index (χ3n) is 2.05. The number of hydrogen-bond donors (Lipinski definition) is 1. The van der Waals surface area contributed by atoms with Crippen LogP contribution in [0.4, 0.5) is 0 Å². The van der Waals surface area contributed by atoms with Gasteiger partial charge in [0.25, 0.3) is 7.37 Å². The zero-order chi connectivity index (χ0) is 12.9. The first kappa shape index (κ1) is 14.2. The molecule has 1 atom stereocenters. The zero-order valence-electron chi connectivity index (χ0n) is 9.72. The van der Waals surface area contributed by atoms with Gasteiger partial charge in [-0.3, -0.25) is 4.57 Å². The van der Waals surface area contributed by atoms with Crippen molar-refractivity contribution in [1.29, 1.82) is 0 Å². The summed E-state index contributed by atoms with van der Waals surface area (Å²) < 4.78 is 12.2. The molecule has 1 rings (SSSR count). The molecule has 2 nitrogen and oxygen atoms in total. The molecule has 1 aromatic carbocycles. The lowest BCUT2D eigenvalue weighted by molar-refractivity contribution is 0.501. The number of hydrogen-bond acceptors (Lipinski definition) is 1. The summed E-state index contributed by atoms with van der Waals surface area (Å²) in [5.41, 5.74) is 4.37. The van der Waals surface area contributed by atoms with E-state index < -0.39 is 7.37 Å². The summed E-state index contributed by atoms with van der Waals surface area (Å²) in [4.78, 5) is 11.5. The van der Waals surface area contributed by atoms with Crippen LogP contribution < -0.4 is 0 Å². The maximum absolute atomic E-state index is 12.2. The van der Waals surface area contributed by atoms with Crippen molar-refractivity contribution in [2.45, 2.75) is 13.8 Å². The first-order valence-corrected chi connectivity index (χ1v) is 7.72. The van der Waals surface area contributed by atoms with Crippen molar-refractivity contribution in [2.75, 3.05) is 0 Å². The Bertz CT molecular complexity index is 522. The smallest absolute Gasteiger partial charge is 0.260 e. The molecule has 0 aliphatic heterocycles. The molecule has 17 heavy (non-hydrogen) atoms. The minimum atomic E-state index is -3.52. The summed E-state index contributed by atoms with van der Waals surface area (Å²) in [6.45, 7) is 3.66. The van der Waals surface area contributed by atoms with E-state index in [2.05, 4.69) is 21.7 Å². The van der Waals surface area contributed by atoms with Gasteiger partial charge in [0.05, 0.1) is 5.31 Å². The highest BCUT2D eigenvalue weighted by atomic mass is 79.9. The molecule has 0 aromatic heterocycles. The van der Waals surface area contributed by atoms with Gasteiger partial charge in [-0.15, -0.1) is 5.73 Å². The standard InChI is InChI=1S/C13H14BrO2P/c1-11(2)8-9-17(15,16)13(10-14)12-6-4-3-5-7-12/h3-7,9-10H,1-2H3,(H,15,16)/b13-10+. The SMILES string of the molecule is CC(C)=C=CP(=O)(O)/C(=C/Br)c1ccccc1. The molecule has 4 heteroatoms. The van der Waals surface area contributed by atoms with Crippen molar-refractivity contribution < 1.29 is 9.46 Å². The maximum atomic E-state index is 12.2. The molecule has 0 bridgehead atoms. The molecule has 0 saturated heterocycles. The number of allylic oxidation sites excluding steroid dienone is 1. The van der Waals surface area contributed by atoms with Crippen LogP contribution in [0, 0.1) is 0 Å². The average molecular weight is 313 g/mol. The van der Waals surface area contributed by atoms with E-state index in [1.807, 2.05) is 32.0 Å². The molecule has 0 saturated carbocycles. The monoisotopic (exact) mass is 312 g/mol. The van der Waals surface area contributed by atoms with E-state index in [4.69, 9.17) is 0 Å². The first-order chi connectivity index (χ1) is 7.97. The van der Waals surface area contributed by atoms with Crippen LogP contribution in [0.1, 0.15) is 19.4 Å². The molecule has 1 unspecified atom stereocenters. The van der Waals surface area contributed by atoms with Crippen LogP contribution in [-0.4, -0.2) is 4.89 Å². The minimum absolute atomic E-state index is 0.367. The maximum Gasteiger partial charge on any atom is 0.260 e.